The van der Waals surface area contributed by atoms with Gasteiger partial charge in [-0.15, -0.1) is 0 Å². The Morgan fingerprint density at radius 1 is 1.47 bits per heavy atom. The summed E-state index contributed by atoms with van der Waals surface area (Å²) < 4.78 is 5.31. The Labute approximate surface area is 88.6 Å². The van der Waals surface area contributed by atoms with Crippen molar-refractivity contribution in [1.82, 2.24) is 0 Å². The van der Waals surface area contributed by atoms with E-state index in [4.69, 9.17) is 14.8 Å². The molecule has 0 saturated carbocycles. The maximum atomic E-state index is 10.6. The minimum Gasteiger partial charge on any atom is -0.494 e. The van der Waals surface area contributed by atoms with Crippen LogP contribution in [0.2, 0.25) is 0 Å². The molecule has 0 aromatic heterocycles. The van der Waals surface area contributed by atoms with Crippen LogP contribution in [0.3, 0.4) is 0 Å². The molecule has 0 aliphatic heterocycles. The number of ether oxygens (including phenoxy) is 1. The van der Waals surface area contributed by atoms with E-state index in [0.717, 1.165) is 6.42 Å². The summed E-state index contributed by atoms with van der Waals surface area (Å²) in [4.78, 5) is 10.6. The van der Waals surface area contributed by atoms with Crippen LogP contribution < -0.4 is 10.2 Å². The van der Waals surface area contributed by atoms with Gasteiger partial charge in [-0.05, 0) is 30.1 Å². The van der Waals surface area contributed by atoms with Crippen molar-refractivity contribution in [1.29, 1.82) is 0 Å². The van der Waals surface area contributed by atoms with Gasteiger partial charge in [0, 0.05) is 5.56 Å². The summed E-state index contributed by atoms with van der Waals surface area (Å²) in [6.07, 6.45) is 1.45. The number of aldehydes is 1. The first kappa shape index (κ1) is 11.7. The van der Waals surface area contributed by atoms with Gasteiger partial charge in [-0.2, -0.15) is 0 Å². The molecule has 2 N–H and O–H groups in total. The van der Waals surface area contributed by atoms with Crippen LogP contribution in [0.25, 0.3) is 0 Å². The van der Waals surface area contributed by atoms with E-state index < -0.39 is 7.12 Å². The molecule has 5 heteroatoms. The summed E-state index contributed by atoms with van der Waals surface area (Å²) in [5, 5.41) is 18.1. The summed E-state index contributed by atoms with van der Waals surface area (Å²) >= 11 is 0. The monoisotopic (exact) mass is 208 g/mol. The molecule has 0 amide bonds. The molecule has 0 aliphatic rings. The molecule has 0 unspecified atom stereocenters. The zero-order chi connectivity index (χ0) is 11.3. The Kier molecular flexibility index (Phi) is 4.33. The average Bonchev–Trinajstić information content (AvgIpc) is 2.25. The highest BCUT2D eigenvalue weighted by atomic mass is 16.5. The predicted molar refractivity (Wildman–Crippen MR) is 57.4 cm³/mol. The first-order valence-electron chi connectivity index (χ1n) is 4.77. The van der Waals surface area contributed by atoms with Crippen LogP contribution in [0.1, 0.15) is 23.7 Å². The molecule has 0 fully saturated rings. The lowest BCUT2D eigenvalue weighted by atomic mass is 9.77. The third-order valence-electron chi connectivity index (χ3n) is 1.94. The molecule has 0 radical (unpaired) electrons. The van der Waals surface area contributed by atoms with Crippen LogP contribution in [-0.4, -0.2) is 30.1 Å². The fourth-order valence-electron chi connectivity index (χ4n) is 1.19. The largest absolute Gasteiger partial charge is 0.494 e. The fourth-order valence-corrected chi connectivity index (χ4v) is 1.19. The number of rotatable bonds is 5. The van der Waals surface area contributed by atoms with Crippen molar-refractivity contribution < 1.29 is 19.6 Å². The molecule has 0 heterocycles. The van der Waals surface area contributed by atoms with Crippen molar-refractivity contribution in [2.75, 3.05) is 6.61 Å². The highest BCUT2D eigenvalue weighted by Crippen LogP contribution is 2.10. The van der Waals surface area contributed by atoms with Crippen molar-refractivity contribution in [3.05, 3.63) is 23.8 Å². The predicted octanol–water partition coefficient (Wildman–Crippen LogP) is -0.0323. The molecular weight excluding hydrogens is 195 g/mol. The second kappa shape index (κ2) is 5.53. The molecule has 0 aliphatic carbocycles. The van der Waals surface area contributed by atoms with E-state index in [1.165, 1.54) is 12.1 Å². The number of benzene rings is 1. The summed E-state index contributed by atoms with van der Waals surface area (Å²) in [5.74, 6) is 0.533. The van der Waals surface area contributed by atoms with E-state index in [1.54, 1.807) is 6.07 Å². The third-order valence-corrected chi connectivity index (χ3v) is 1.94. The van der Waals surface area contributed by atoms with Crippen LogP contribution in [0.15, 0.2) is 18.2 Å². The van der Waals surface area contributed by atoms with Crippen LogP contribution in [0.4, 0.5) is 0 Å². The van der Waals surface area contributed by atoms with Crippen LogP contribution in [0, 0.1) is 0 Å². The standard InChI is InChI=1S/C10H13BO4/c1-2-5-15-9-4-3-8(7-12)10(6-9)11(13)14/h3-4,6-7,13-14H,2,5H2,1H3. The molecule has 1 aromatic rings. The smallest absolute Gasteiger partial charge is 0.489 e. The SMILES string of the molecule is CCCOc1ccc(C=O)c(B(O)O)c1. The lowest BCUT2D eigenvalue weighted by molar-refractivity contribution is 0.112. The Morgan fingerprint density at radius 2 is 2.20 bits per heavy atom. The van der Waals surface area contributed by atoms with Crippen molar-refractivity contribution >= 4 is 18.9 Å². The summed E-state index contributed by atoms with van der Waals surface area (Å²) in [6, 6.07) is 4.60. The zero-order valence-corrected chi connectivity index (χ0v) is 8.51. The van der Waals surface area contributed by atoms with E-state index >= 15 is 0 Å². The van der Waals surface area contributed by atoms with Gasteiger partial charge in [-0.1, -0.05) is 6.92 Å². The second-order valence-electron chi connectivity index (χ2n) is 3.13. The first-order chi connectivity index (χ1) is 7.19. The molecule has 1 aromatic carbocycles. The quantitative estimate of drug-likeness (QED) is 0.526. The molecule has 80 valence electrons. The molecule has 0 saturated heterocycles. The van der Waals surface area contributed by atoms with E-state index in [-0.39, 0.29) is 11.0 Å². The van der Waals surface area contributed by atoms with Crippen molar-refractivity contribution in [2.45, 2.75) is 13.3 Å². The van der Waals surface area contributed by atoms with Crippen molar-refractivity contribution in [3.63, 3.8) is 0 Å². The van der Waals surface area contributed by atoms with Crippen molar-refractivity contribution in [3.8, 4) is 5.75 Å². The molecular formula is C10H13BO4. The number of hydrogen-bond acceptors (Lipinski definition) is 4. The lowest BCUT2D eigenvalue weighted by Gasteiger charge is -2.08. The Balaban J connectivity index is 2.94. The van der Waals surface area contributed by atoms with Crippen LogP contribution >= 0.6 is 0 Å². The highest BCUT2D eigenvalue weighted by molar-refractivity contribution is 6.60. The molecule has 15 heavy (non-hydrogen) atoms. The zero-order valence-electron chi connectivity index (χ0n) is 8.51. The Bertz CT molecular complexity index is 338. The van der Waals surface area contributed by atoms with E-state index in [0.29, 0.717) is 18.6 Å². The lowest BCUT2D eigenvalue weighted by Crippen LogP contribution is -2.33. The highest BCUT2D eigenvalue weighted by Gasteiger charge is 2.16. The van der Waals surface area contributed by atoms with Gasteiger partial charge in [0.15, 0.2) is 0 Å². The van der Waals surface area contributed by atoms with Gasteiger partial charge < -0.3 is 14.8 Å². The van der Waals surface area contributed by atoms with Gasteiger partial charge in [0.05, 0.1) is 6.61 Å². The van der Waals surface area contributed by atoms with E-state index in [1.807, 2.05) is 6.92 Å². The van der Waals surface area contributed by atoms with Gasteiger partial charge in [-0.25, -0.2) is 0 Å². The maximum absolute atomic E-state index is 10.6. The molecule has 1 rings (SSSR count). The van der Waals surface area contributed by atoms with Gasteiger partial charge in [-0.3, -0.25) is 4.79 Å². The molecule has 0 atom stereocenters. The van der Waals surface area contributed by atoms with E-state index in [9.17, 15) is 4.79 Å². The normalized spacial score (nSPS) is 9.80. The van der Waals surface area contributed by atoms with Gasteiger partial charge in [0.25, 0.3) is 0 Å². The van der Waals surface area contributed by atoms with Crippen LogP contribution in [0.5, 0.6) is 5.75 Å². The molecule has 0 bridgehead atoms. The van der Waals surface area contributed by atoms with E-state index in [2.05, 4.69) is 0 Å². The fraction of sp³-hybridized carbons (Fsp3) is 0.300. The summed E-state index contributed by atoms with van der Waals surface area (Å²) in [7, 11) is -1.66. The summed E-state index contributed by atoms with van der Waals surface area (Å²) in [5.41, 5.74) is 0.424. The summed E-state index contributed by atoms with van der Waals surface area (Å²) in [6.45, 7) is 2.53. The Hall–Kier alpha value is -1.33. The van der Waals surface area contributed by atoms with Gasteiger partial charge in [0.1, 0.15) is 12.0 Å². The topological polar surface area (TPSA) is 66.8 Å². The number of hydrogen-bond donors (Lipinski definition) is 2. The number of carbonyl (C=O) groups is 1. The minimum absolute atomic E-state index is 0.165. The Morgan fingerprint density at radius 3 is 2.73 bits per heavy atom. The van der Waals surface area contributed by atoms with Crippen molar-refractivity contribution in [2.24, 2.45) is 0 Å². The second-order valence-corrected chi connectivity index (χ2v) is 3.13. The minimum atomic E-state index is -1.66. The first-order valence-corrected chi connectivity index (χ1v) is 4.77. The maximum Gasteiger partial charge on any atom is 0.489 e. The van der Waals surface area contributed by atoms with Crippen LogP contribution in [-0.2, 0) is 0 Å². The average molecular weight is 208 g/mol. The van der Waals surface area contributed by atoms with Gasteiger partial charge in [0.2, 0.25) is 0 Å². The molecule has 0 spiro atoms. The molecule has 4 nitrogen and oxygen atoms in total. The third kappa shape index (κ3) is 3.07. The number of carbonyl (C=O) groups excluding carboxylic acids is 1. The van der Waals surface area contributed by atoms with Gasteiger partial charge >= 0.3 is 7.12 Å².